The summed E-state index contributed by atoms with van der Waals surface area (Å²) in [5, 5.41) is 23.4. The number of carboxylic acids is 1. The number of carboxylic acid groups (broad SMARTS) is 1. The molecule has 0 radical (unpaired) electrons. The summed E-state index contributed by atoms with van der Waals surface area (Å²) < 4.78 is 4.89. The molecule has 3 N–H and O–H groups in total. The molecule has 0 bridgehead atoms. The number of anilines is 2. The third-order valence-corrected chi connectivity index (χ3v) is 3.51. The zero-order chi connectivity index (χ0) is 20.5. The maximum atomic E-state index is 12.2. The molecule has 0 aromatic heterocycles. The van der Waals surface area contributed by atoms with E-state index in [0.717, 1.165) is 0 Å². The van der Waals surface area contributed by atoms with Crippen molar-refractivity contribution in [3.8, 4) is 6.07 Å². The van der Waals surface area contributed by atoms with E-state index in [1.165, 1.54) is 30.5 Å². The number of benzene rings is 2. The van der Waals surface area contributed by atoms with Crippen LogP contribution >= 0.6 is 0 Å². The average Bonchev–Trinajstić information content (AvgIpc) is 2.69. The Hall–Kier alpha value is -4.12. The van der Waals surface area contributed by atoms with Gasteiger partial charge in [-0.25, -0.2) is 9.59 Å². The van der Waals surface area contributed by atoms with Gasteiger partial charge in [-0.05, 0) is 49.4 Å². The molecule has 2 aromatic carbocycles. The Bertz CT molecular complexity index is 959. The predicted octanol–water partition coefficient (Wildman–Crippen LogP) is 3.02. The van der Waals surface area contributed by atoms with Gasteiger partial charge in [0.2, 0.25) is 0 Å². The number of nitriles is 1. The number of nitrogens with zero attached hydrogens (tertiary/aromatic N) is 1. The Morgan fingerprint density at radius 2 is 1.82 bits per heavy atom. The Morgan fingerprint density at radius 3 is 2.43 bits per heavy atom. The molecule has 28 heavy (non-hydrogen) atoms. The van der Waals surface area contributed by atoms with Crippen molar-refractivity contribution < 1.29 is 24.2 Å². The molecule has 0 saturated carbocycles. The van der Waals surface area contributed by atoms with Crippen molar-refractivity contribution in [3.05, 3.63) is 71.4 Å². The highest BCUT2D eigenvalue weighted by Crippen LogP contribution is 2.14. The Kier molecular flexibility index (Phi) is 6.88. The summed E-state index contributed by atoms with van der Waals surface area (Å²) in [7, 11) is 0. The minimum Gasteiger partial charge on any atom is -0.478 e. The van der Waals surface area contributed by atoms with Crippen LogP contribution in [0.4, 0.5) is 11.4 Å². The maximum Gasteiger partial charge on any atom is 0.338 e. The van der Waals surface area contributed by atoms with Crippen molar-refractivity contribution in [1.29, 1.82) is 5.26 Å². The smallest absolute Gasteiger partial charge is 0.338 e. The fraction of sp³-hybridized carbons (Fsp3) is 0.100. The van der Waals surface area contributed by atoms with Crippen molar-refractivity contribution in [2.24, 2.45) is 0 Å². The van der Waals surface area contributed by atoms with Crippen LogP contribution in [0.5, 0.6) is 0 Å². The molecule has 1 amide bonds. The molecule has 8 nitrogen and oxygen atoms in total. The van der Waals surface area contributed by atoms with Crippen LogP contribution in [-0.2, 0) is 9.53 Å². The largest absolute Gasteiger partial charge is 0.478 e. The standard InChI is InChI=1S/C20H17N3O5/c1-2-28-20(27)13-6-8-16(9-7-13)22-12-15(11-21)18(24)23-17-5-3-4-14(10-17)19(25)26/h3-10,12,22H,2H2,1H3,(H,23,24)(H,25,26)/b15-12-. The second kappa shape index (κ2) is 9.54. The minimum atomic E-state index is -1.12. The summed E-state index contributed by atoms with van der Waals surface area (Å²) in [4.78, 5) is 34.8. The van der Waals surface area contributed by atoms with Gasteiger partial charge >= 0.3 is 11.9 Å². The first-order valence-electron chi connectivity index (χ1n) is 8.23. The molecule has 0 saturated heterocycles. The van der Waals surface area contributed by atoms with Crippen LogP contribution in [-0.4, -0.2) is 29.6 Å². The number of amides is 1. The number of nitrogens with one attached hydrogen (secondary N) is 2. The maximum absolute atomic E-state index is 12.2. The van der Waals surface area contributed by atoms with Gasteiger partial charge in [0.25, 0.3) is 5.91 Å². The molecule has 142 valence electrons. The summed E-state index contributed by atoms with van der Waals surface area (Å²) in [6, 6.07) is 13.8. The fourth-order valence-corrected chi connectivity index (χ4v) is 2.15. The van der Waals surface area contributed by atoms with E-state index in [1.807, 2.05) is 0 Å². The van der Waals surface area contributed by atoms with Crippen LogP contribution in [0.2, 0.25) is 0 Å². The predicted molar refractivity (Wildman–Crippen MR) is 102 cm³/mol. The Morgan fingerprint density at radius 1 is 1.11 bits per heavy atom. The average molecular weight is 379 g/mol. The molecule has 0 spiro atoms. The molecule has 8 heteroatoms. The highest BCUT2D eigenvalue weighted by molar-refractivity contribution is 6.07. The van der Waals surface area contributed by atoms with Crippen molar-refractivity contribution >= 4 is 29.2 Å². The second-order valence-electron chi connectivity index (χ2n) is 5.45. The van der Waals surface area contributed by atoms with Gasteiger partial charge in [0, 0.05) is 17.6 Å². The van der Waals surface area contributed by atoms with Gasteiger partial charge in [0.05, 0.1) is 17.7 Å². The highest BCUT2D eigenvalue weighted by Gasteiger charge is 2.11. The molecule has 0 aliphatic rings. The third kappa shape index (κ3) is 5.44. The summed E-state index contributed by atoms with van der Waals surface area (Å²) in [6.45, 7) is 1.99. The number of ether oxygens (including phenoxy) is 1. The third-order valence-electron chi connectivity index (χ3n) is 3.51. The fourth-order valence-electron chi connectivity index (χ4n) is 2.15. The van der Waals surface area contributed by atoms with Crippen LogP contribution in [0.15, 0.2) is 60.3 Å². The lowest BCUT2D eigenvalue weighted by Crippen LogP contribution is -2.15. The van der Waals surface area contributed by atoms with E-state index in [1.54, 1.807) is 37.3 Å². The lowest BCUT2D eigenvalue weighted by molar-refractivity contribution is -0.112. The lowest BCUT2D eigenvalue weighted by Gasteiger charge is -2.07. The summed E-state index contributed by atoms with van der Waals surface area (Å²) >= 11 is 0. The Labute approximate surface area is 161 Å². The van der Waals surface area contributed by atoms with Gasteiger partial charge in [0.15, 0.2) is 0 Å². The molecule has 0 fully saturated rings. The minimum absolute atomic E-state index is 0.0140. The van der Waals surface area contributed by atoms with Crippen LogP contribution in [0.3, 0.4) is 0 Å². The van der Waals surface area contributed by atoms with E-state index in [4.69, 9.17) is 9.84 Å². The molecular formula is C20H17N3O5. The molecule has 0 aliphatic heterocycles. The summed E-state index contributed by atoms with van der Waals surface area (Å²) in [6.07, 6.45) is 1.22. The Balaban J connectivity index is 2.06. The topological polar surface area (TPSA) is 129 Å². The monoisotopic (exact) mass is 379 g/mol. The SMILES string of the molecule is CCOC(=O)c1ccc(N/C=C(/C#N)C(=O)Nc2cccc(C(=O)O)c2)cc1. The number of rotatable bonds is 7. The van der Waals surface area contributed by atoms with E-state index in [2.05, 4.69) is 10.6 Å². The molecule has 0 atom stereocenters. The van der Waals surface area contributed by atoms with Crippen LogP contribution < -0.4 is 10.6 Å². The van der Waals surface area contributed by atoms with E-state index < -0.39 is 17.8 Å². The van der Waals surface area contributed by atoms with Gasteiger partial charge in [-0.2, -0.15) is 5.26 Å². The number of aromatic carboxylic acids is 1. The van der Waals surface area contributed by atoms with Crippen molar-refractivity contribution in [3.63, 3.8) is 0 Å². The van der Waals surface area contributed by atoms with E-state index in [0.29, 0.717) is 11.3 Å². The van der Waals surface area contributed by atoms with Gasteiger partial charge in [0.1, 0.15) is 11.6 Å². The highest BCUT2D eigenvalue weighted by atomic mass is 16.5. The van der Waals surface area contributed by atoms with E-state index in [9.17, 15) is 19.6 Å². The van der Waals surface area contributed by atoms with Crippen molar-refractivity contribution in [1.82, 2.24) is 0 Å². The first-order chi connectivity index (χ1) is 13.4. The molecular weight excluding hydrogens is 362 g/mol. The van der Waals surface area contributed by atoms with Gasteiger partial charge in [-0.1, -0.05) is 6.07 Å². The number of hydrogen-bond acceptors (Lipinski definition) is 6. The number of hydrogen-bond donors (Lipinski definition) is 3. The summed E-state index contributed by atoms with van der Waals surface area (Å²) in [5.74, 6) is -2.26. The number of carbonyl (C=O) groups is 3. The number of esters is 1. The van der Waals surface area contributed by atoms with Crippen molar-refractivity contribution in [2.45, 2.75) is 6.92 Å². The second-order valence-corrected chi connectivity index (χ2v) is 5.45. The van der Waals surface area contributed by atoms with E-state index in [-0.39, 0.29) is 23.4 Å². The van der Waals surface area contributed by atoms with Gasteiger partial charge < -0.3 is 20.5 Å². The molecule has 0 heterocycles. The molecule has 0 unspecified atom stereocenters. The van der Waals surface area contributed by atoms with Gasteiger partial charge in [-0.3, -0.25) is 4.79 Å². The quantitative estimate of drug-likeness (QED) is 0.383. The van der Waals surface area contributed by atoms with Crippen LogP contribution in [0, 0.1) is 11.3 Å². The lowest BCUT2D eigenvalue weighted by atomic mass is 10.2. The zero-order valence-corrected chi connectivity index (χ0v) is 14.9. The molecule has 0 aliphatic carbocycles. The van der Waals surface area contributed by atoms with Crippen molar-refractivity contribution in [2.75, 3.05) is 17.2 Å². The summed E-state index contributed by atoms with van der Waals surface area (Å²) in [5.41, 5.74) is 0.995. The van der Waals surface area contributed by atoms with Gasteiger partial charge in [-0.15, -0.1) is 0 Å². The normalized spacial score (nSPS) is 10.5. The first-order valence-corrected chi connectivity index (χ1v) is 8.23. The van der Waals surface area contributed by atoms with Crippen LogP contribution in [0.25, 0.3) is 0 Å². The van der Waals surface area contributed by atoms with E-state index >= 15 is 0 Å². The zero-order valence-electron chi connectivity index (χ0n) is 14.9. The first kappa shape index (κ1) is 20.2. The molecule has 2 aromatic rings. The number of carbonyl (C=O) groups excluding carboxylic acids is 2. The van der Waals surface area contributed by atoms with Crippen LogP contribution in [0.1, 0.15) is 27.6 Å². The molecule has 2 rings (SSSR count).